The molecule has 0 bridgehead atoms. The third kappa shape index (κ3) is 2.31. The highest BCUT2D eigenvalue weighted by Crippen LogP contribution is 2.38. The number of ether oxygens (including phenoxy) is 2. The third-order valence-electron chi connectivity index (χ3n) is 4.27. The van der Waals surface area contributed by atoms with Crippen LogP contribution in [0.3, 0.4) is 0 Å². The van der Waals surface area contributed by atoms with Gasteiger partial charge in [-0.15, -0.1) is 0 Å². The Morgan fingerprint density at radius 1 is 0.720 bits per heavy atom. The van der Waals surface area contributed by atoms with E-state index in [-0.39, 0.29) is 16.9 Å². The van der Waals surface area contributed by atoms with Crippen LogP contribution in [0.5, 0.6) is 11.5 Å². The standard InChI is InChI=1S/C20H14F2O3/c1-23-12-5-3-11(4-6-12)13-7-8-14-15-9-10-16(24-2)18(22)20(15)25-19(14)17(13)21/h3-10H,1-2H3. The van der Waals surface area contributed by atoms with E-state index < -0.39 is 11.6 Å². The predicted octanol–water partition coefficient (Wildman–Crippen LogP) is 5.55. The lowest BCUT2D eigenvalue weighted by Crippen LogP contribution is -1.87. The molecular weight excluding hydrogens is 326 g/mol. The molecule has 0 spiro atoms. The van der Waals surface area contributed by atoms with E-state index in [0.717, 1.165) is 0 Å². The van der Waals surface area contributed by atoms with Crippen LogP contribution in [0.4, 0.5) is 8.78 Å². The van der Waals surface area contributed by atoms with Crippen LogP contribution in [0, 0.1) is 11.6 Å². The van der Waals surface area contributed by atoms with Gasteiger partial charge in [0.2, 0.25) is 5.82 Å². The number of rotatable bonds is 3. The first-order chi connectivity index (χ1) is 12.1. The van der Waals surface area contributed by atoms with Crippen LogP contribution in [0.25, 0.3) is 33.1 Å². The van der Waals surface area contributed by atoms with Crippen LogP contribution in [0.15, 0.2) is 52.9 Å². The van der Waals surface area contributed by atoms with E-state index in [2.05, 4.69) is 0 Å². The minimum absolute atomic E-state index is 0.0138. The number of hydrogen-bond donors (Lipinski definition) is 0. The Hall–Kier alpha value is -3.08. The molecule has 0 radical (unpaired) electrons. The molecule has 0 aliphatic rings. The zero-order valence-corrected chi connectivity index (χ0v) is 13.6. The largest absolute Gasteiger partial charge is 0.497 e. The van der Waals surface area contributed by atoms with Crippen molar-refractivity contribution in [3.8, 4) is 22.6 Å². The number of fused-ring (bicyclic) bond motifs is 3. The summed E-state index contributed by atoms with van der Waals surface area (Å²) in [5.41, 5.74) is 1.07. The molecule has 0 fully saturated rings. The average molecular weight is 340 g/mol. The molecular formula is C20H14F2O3. The van der Waals surface area contributed by atoms with Gasteiger partial charge in [-0.05, 0) is 35.9 Å². The third-order valence-corrected chi connectivity index (χ3v) is 4.27. The van der Waals surface area contributed by atoms with E-state index in [1.54, 1.807) is 49.6 Å². The Kier molecular flexibility index (Phi) is 3.57. The molecule has 4 aromatic rings. The fourth-order valence-electron chi connectivity index (χ4n) is 2.97. The lowest BCUT2D eigenvalue weighted by atomic mass is 10.0. The molecule has 5 heteroatoms. The highest BCUT2D eigenvalue weighted by atomic mass is 19.1. The van der Waals surface area contributed by atoms with Crippen molar-refractivity contribution in [1.82, 2.24) is 0 Å². The molecule has 1 aromatic heterocycles. The summed E-state index contributed by atoms with van der Waals surface area (Å²) in [7, 11) is 2.94. The summed E-state index contributed by atoms with van der Waals surface area (Å²) in [6.07, 6.45) is 0. The summed E-state index contributed by atoms with van der Waals surface area (Å²) >= 11 is 0. The Morgan fingerprint density at radius 2 is 1.36 bits per heavy atom. The fraction of sp³-hybridized carbons (Fsp3) is 0.100. The maximum Gasteiger partial charge on any atom is 0.208 e. The Labute approximate surface area is 142 Å². The maximum atomic E-state index is 15.0. The van der Waals surface area contributed by atoms with E-state index in [0.29, 0.717) is 27.6 Å². The molecule has 0 aliphatic heterocycles. The average Bonchev–Trinajstić information content (AvgIpc) is 3.03. The van der Waals surface area contributed by atoms with Gasteiger partial charge in [0.1, 0.15) is 5.75 Å². The topological polar surface area (TPSA) is 31.6 Å². The number of methoxy groups -OCH3 is 2. The molecule has 4 rings (SSSR count). The van der Waals surface area contributed by atoms with Crippen molar-refractivity contribution >= 4 is 21.9 Å². The molecule has 0 atom stereocenters. The van der Waals surface area contributed by atoms with Crippen molar-refractivity contribution in [2.75, 3.05) is 14.2 Å². The van der Waals surface area contributed by atoms with Crippen LogP contribution in [-0.2, 0) is 0 Å². The molecule has 1 heterocycles. The first-order valence-electron chi connectivity index (χ1n) is 7.65. The minimum atomic E-state index is -0.637. The predicted molar refractivity (Wildman–Crippen MR) is 92.2 cm³/mol. The Balaban J connectivity index is 1.95. The van der Waals surface area contributed by atoms with Crippen molar-refractivity contribution in [3.63, 3.8) is 0 Å². The van der Waals surface area contributed by atoms with Crippen LogP contribution in [0.2, 0.25) is 0 Å². The van der Waals surface area contributed by atoms with Gasteiger partial charge in [-0.1, -0.05) is 18.2 Å². The van der Waals surface area contributed by atoms with Gasteiger partial charge < -0.3 is 13.9 Å². The van der Waals surface area contributed by atoms with E-state index >= 15 is 4.39 Å². The summed E-state index contributed by atoms with van der Waals surface area (Å²) in [4.78, 5) is 0. The van der Waals surface area contributed by atoms with Crippen LogP contribution in [0.1, 0.15) is 0 Å². The van der Waals surface area contributed by atoms with Gasteiger partial charge >= 0.3 is 0 Å². The lowest BCUT2D eigenvalue weighted by molar-refractivity contribution is 0.385. The quantitative estimate of drug-likeness (QED) is 0.490. The van der Waals surface area contributed by atoms with Gasteiger partial charge in [0.25, 0.3) is 0 Å². The van der Waals surface area contributed by atoms with Gasteiger partial charge in [0.15, 0.2) is 22.7 Å². The molecule has 25 heavy (non-hydrogen) atoms. The zero-order chi connectivity index (χ0) is 17.6. The van der Waals surface area contributed by atoms with E-state index in [1.807, 2.05) is 0 Å². The summed E-state index contributed by atoms with van der Waals surface area (Å²) in [6, 6.07) is 13.6. The number of furan rings is 1. The number of benzene rings is 3. The normalized spacial score (nSPS) is 11.2. The Morgan fingerprint density at radius 3 is 2.00 bits per heavy atom. The summed E-state index contributed by atoms with van der Waals surface area (Å²) < 4.78 is 45.0. The van der Waals surface area contributed by atoms with Crippen LogP contribution in [-0.4, -0.2) is 14.2 Å². The van der Waals surface area contributed by atoms with E-state index in [1.165, 1.54) is 13.2 Å². The molecule has 0 N–H and O–H groups in total. The van der Waals surface area contributed by atoms with E-state index in [9.17, 15) is 4.39 Å². The molecule has 0 unspecified atom stereocenters. The summed E-state index contributed by atoms with van der Waals surface area (Å²) in [5, 5.41) is 1.03. The minimum Gasteiger partial charge on any atom is -0.497 e. The summed E-state index contributed by atoms with van der Waals surface area (Å²) in [5.74, 6) is -0.427. The highest BCUT2D eigenvalue weighted by Gasteiger charge is 2.19. The lowest BCUT2D eigenvalue weighted by Gasteiger charge is -2.05. The SMILES string of the molecule is COc1ccc(-c2ccc3c(oc4c(F)c(OC)ccc43)c2F)cc1. The highest BCUT2D eigenvalue weighted by molar-refractivity contribution is 6.06. The van der Waals surface area contributed by atoms with Gasteiger partial charge in [-0.25, -0.2) is 4.39 Å². The van der Waals surface area contributed by atoms with Crippen molar-refractivity contribution in [2.24, 2.45) is 0 Å². The van der Waals surface area contributed by atoms with Crippen LogP contribution < -0.4 is 9.47 Å². The first-order valence-corrected chi connectivity index (χ1v) is 7.65. The van der Waals surface area contributed by atoms with Crippen molar-refractivity contribution in [1.29, 1.82) is 0 Å². The van der Waals surface area contributed by atoms with Gasteiger partial charge in [-0.3, -0.25) is 0 Å². The zero-order valence-electron chi connectivity index (χ0n) is 13.6. The van der Waals surface area contributed by atoms with Crippen molar-refractivity contribution < 1.29 is 22.7 Å². The molecule has 3 aromatic carbocycles. The molecule has 0 amide bonds. The Bertz CT molecular complexity index is 1080. The van der Waals surface area contributed by atoms with Crippen molar-refractivity contribution in [3.05, 3.63) is 60.2 Å². The molecule has 0 aliphatic carbocycles. The van der Waals surface area contributed by atoms with Gasteiger partial charge in [-0.2, -0.15) is 4.39 Å². The van der Waals surface area contributed by atoms with Crippen molar-refractivity contribution in [2.45, 2.75) is 0 Å². The maximum absolute atomic E-state index is 15.0. The van der Waals surface area contributed by atoms with Gasteiger partial charge in [0, 0.05) is 16.3 Å². The molecule has 0 saturated carbocycles. The number of hydrogen-bond acceptors (Lipinski definition) is 3. The second-order valence-corrected chi connectivity index (χ2v) is 5.59. The second kappa shape index (κ2) is 5.77. The van der Waals surface area contributed by atoms with Crippen LogP contribution >= 0.6 is 0 Å². The second-order valence-electron chi connectivity index (χ2n) is 5.59. The molecule has 3 nitrogen and oxygen atoms in total. The van der Waals surface area contributed by atoms with E-state index in [4.69, 9.17) is 13.9 Å². The number of halogens is 2. The fourth-order valence-corrected chi connectivity index (χ4v) is 2.97. The summed E-state index contributed by atoms with van der Waals surface area (Å²) in [6.45, 7) is 0. The molecule has 0 saturated heterocycles. The molecule has 126 valence electrons. The smallest absolute Gasteiger partial charge is 0.208 e. The monoisotopic (exact) mass is 340 g/mol. The van der Waals surface area contributed by atoms with Gasteiger partial charge in [0.05, 0.1) is 14.2 Å². The first kappa shape index (κ1) is 15.4.